The lowest BCUT2D eigenvalue weighted by Gasteiger charge is -2.26. The fourth-order valence-corrected chi connectivity index (χ4v) is 10.9. The van der Waals surface area contributed by atoms with E-state index in [9.17, 15) is 21.0 Å². The molecule has 0 aliphatic carbocycles. The molecular weight excluding hydrogens is 1010 g/mol. The Hall–Kier alpha value is -12.1. The summed E-state index contributed by atoms with van der Waals surface area (Å²) in [6, 6.07) is 100. The van der Waals surface area contributed by atoms with Crippen LogP contribution < -0.4 is 9.80 Å². The smallest absolute Gasteiger partial charge is 0.160 e. The van der Waals surface area contributed by atoms with Crippen LogP contribution in [0.3, 0.4) is 0 Å². The van der Waals surface area contributed by atoms with Crippen LogP contribution in [0.15, 0.2) is 273 Å². The summed E-state index contributed by atoms with van der Waals surface area (Å²) in [5.41, 5.74) is 17.5. The molecule has 0 saturated carbocycles. The summed E-state index contributed by atoms with van der Waals surface area (Å²) in [6.45, 7) is 0. The standard InChI is InChI=1S/C74H45N9/c75-46-50-21-25-54(26-22-50)69-45-70(80-74(79-69)57-27-23-51(47-76)24-28-57)55-33-29-52(30-34-55)53-31-35-56(36-32-53)73-58(48-77)41-66(42-59(73)49-78)83-71-39-37-64(81(60-13-5-1-6-14-60)61-15-7-2-8-16-61)43-67(71)68-44-65(38-40-72(68)83)82(62-17-9-3-10-18-62)63-19-11-4-12-20-63/h1-45H. The van der Waals surface area contributed by atoms with Crippen LogP contribution in [0, 0.1) is 45.3 Å². The highest BCUT2D eigenvalue weighted by molar-refractivity contribution is 6.12. The molecular formula is C74H45N9. The second kappa shape index (κ2) is 21.9. The molecule has 0 radical (unpaired) electrons. The monoisotopic (exact) mass is 1060 g/mol. The number of nitrogens with zero attached hydrogens (tertiary/aromatic N) is 9. The first kappa shape index (κ1) is 50.4. The molecule has 0 aliphatic rings. The minimum atomic E-state index is 0.378. The van der Waals surface area contributed by atoms with Gasteiger partial charge < -0.3 is 14.4 Å². The third kappa shape index (κ3) is 9.73. The number of para-hydroxylation sites is 4. The van der Waals surface area contributed by atoms with E-state index < -0.39 is 0 Å². The Bertz CT molecular complexity index is 4400. The maximum Gasteiger partial charge on any atom is 0.160 e. The van der Waals surface area contributed by atoms with Gasteiger partial charge in [0.25, 0.3) is 0 Å². The summed E-state index contributed by atoms with van der Waals surface area (Å²) in [6.07, 6.45) is 0. The van der Waals surface area contributed by atoms with Crippen LogP contribution in [0.4, 0.5) is 34.1 Å². The number of hydrogen-bond acceptors (Lipinski definition) is 8. The fourth-order valence-electron chi connectivity index (χ4n) is 10.9. The molecule has 0 aliphatic heterocycles. The van der Waals surface area contributed by atoms with E-state index in [4.69, 9.17) is 9.97 Å². The summed E-state index contributed by atoms with van der Waals surface area (Å²) >= 11 is 0. The van der Waals surface area contributed by atoms with Crippen molar-refractivity contribution in [1.82, 2.24) is 14.5 Å². The van der Waals surface area contributed by atoms with Crippen LogP contribution in [0.1, 0.15) is 22.3 Å². The number of anilines is 6. The molecule has 386 valence electrons. The summed E-state index contributed by atoms with van der Waals surface area (Å²) < 4.78 is 2.17. The third-order valence-electron chi connectivity index (χ3n) is 14.9. The van der Waals surface area contributed by atoms with Crippen LogP contribution >= 0.6 is 0 Å². The lowest BCUT2D eigenvalue weighted by molar-refractivity contribution is 1.17. The minimum absolute atomic E-state index is 0.378. The highest BCUT2D eigenvalue weighted by Crippen LogP contribution is 2.44. The van der Waals surface area contributed by atoms with Crippen molar-refractivity contribution < 1.29 is 0 Å². The van der Waals surface area contributed by atoms with Gasteiger partial charge in [0.15, 0.2) is 5.82 Å². The van der Waals surface area contributed by atoms with Gasteiger partial charge >= 0.3 is 0 Å². The molecule has 9 nitrogen and oxygen atoms in total. The van der Waals surface area contributed by atoms with Gasteiger partial charge in [-0.1, -0.05) is 133 Å². The van der Waals surface area contributed by atoms with Crippen molar-refractivity contribution >= 4 is 55.9 Å². The van der Waals surface area contributed by atoms with Crippen LogP contribution in [0.2, 0.25) is 0 Å². The molecule has 0 spiro atoms. The van der Waals surface area contributed by atoms with Gasteiger partial charge in [0.2, 0.25) is 0 Å². The Balaban J connectivity index is 0.883. The Morgan fingerprint density at radius 3 is 1.02 bits per heavy atom. The van der Waals surface area contributed by atoms with Gasteiger partial charge in [0.1, 0.15) is 0 Å². The lowest BCUT2D eigenvalue weighted by atomic mass is 9.92. The zero-order valence-corrected chi connectivity index (χ0v) is 44.5. The third-order valence-corrected chi connectivity index (χ3v) is 14.9. The van der Waals surface area contributed by atoms with Crippen molar-refractivity contribution in [3.63, 3.8) is 0 Å². The SMILES string of the molecule is N#Cc1ccc(-c2cc(-c3ccc(-c4ccc(-c5c(C#N)cc(-n6c7ccc(N(c8ccccc8)c8ccccc8)cc7c7cc(N(c8ccccc8)c8ccccc8)ccc76)cc5C#N)cc4)cc3)nc(-c3ccc(C#N)cc3)n2)cc1. The van der Waals surface area contributed by atoms with Gasteiger partial charge in [-0.2, -0.15) is 21.0 Å². The largest absolute Gasteiger partial charge is 0.310 e. The number of hydrogen-bond donors (Lipinski definition) is 0. The summed E-state index contributed by atoms with van der Waals surface area (Å²) in [7, 11) is 0. The maximum absolute atomic E-state index is 11.0. The van der Waals surface area contributed by atoms with E-state index in [1.54, 1.807) is 24.3 Å². The predicted molar refractivity (Wildman–Crippen MR) is 332 cm³/mol. The second-order valence-corrected chi connectivity index (χ2v) is 19.9. The first-order valence-electron chi connectivity index (χ1n) is 26.9. The lowest BCUT2D eigenvalue weighted by Crippen LogP contribution is -2.09. The number of aromatic nitrogens is 3. The molecule has 0 atom stereocenters. The highest BCUT2D eigenvalue weighted by atomic mass is 15.1. The molecule has 2 aromatic heterocycles. The Morgan fingerprint density at radius 1 is 0.301 bits per heavy atom. The molecule has 0 unspecified atom stereocenters. The number of nitriles is 4. The summed E-state index contributed by atoms with van der Waals surface area (Å²) in [4.78, 5) is 14.4. The van der Waals surface area contributed by atoms with E-state index in [0.29, 0.717) is 50.7 Å². The molecule has 13 aromatic rings. The Morgan fingerprint density at radius 2 is 0.651 bits per heavy atom. The van der Waals surface area contributed by atoms with Crippen molar-refractivity contribution in [1.29, 1.82) is 21.0 Å². The van der Waals surface area contributed by atoms with Gasteiger partial charge in [-0.25, -0.2) is 9.97 Å². The van der Waals surface area contributed by atoms with Crippen molar-refractivity contribution in [3.8, 4) is 86.1 Å². The molecule has 0 saturated heterocycles. The summed E-state index contributed by atoms with van der Waals surface area (Å²) in [5.74, 6) is 0.509. The molecule has 0 amide bonds. The van der Waals surface area contributed by atoms with Crippen molar-refractivity contribution in [2.45, 2.75) is 0 Å². The minimum Gasteiger partial charge on any atom is -0.310 e. The first-order valence-corrected chi connectivity index (χ1v) is 26.9. The average Bonchev–Trinajstić information content (AvgIpc) is 3.07. The molecule has 0 bridgehead atoms. The Kier molecular flexibility index (Phi) is 13.3. The first-order chi connectivity index (χ1) is 40.9. The van der Waals surface area contributed by atoms with Crippen LogP contribution in [0.5, 0.6) is 0 Å². The van der Waals surface area contributed by atoms with Crippen molar-refractivity contribution in [2.24, 2.45) is 0 Å². The highest BCUT2D eigenvalue weighted by Gasteiger charge is 2.23. The topological polar surface area (TPSA) is 132 Å². The predicted octanol–water partition coefficient (Wildman–Crippen LogP) is 18.3. The van der Waals surface area contributed by atoms with Gasteiger partial charge in [0, 0.05) is 72.8 Å². The number of fused-ring (bicyclic) bond motifs is 3. The van der Waals surface area contributed by atoms with Crippen molar-refractivity contribution in [2.75, 3.05) is 9.80 Å². The van der Waals surface area contributed by atoms with Gasteiger partial charge in [-0.15, -0.1) is 0 Å². The molecule has 2 heterocycles. The quantitative estimate of drug-likeness (QED) is 0.118. The molecule has 9 heteroatoms. The normalized spacial score (nSPS) is 10.8. The van der Waals surface area contributed by atoms with Crippen LogP contribution in [0.25, 0.3) is 83.6 Å². The molecule has 0 N–H and O–H groups in total. The van der Waals surface area contributed by atoms with Crippen LogP contribution in [-0.4, -0.2) is 14.5 Å². The average molecular weight is 1060 g/mol. The van der Waals surface area contributed by atoms with Crippen molar-refractivity contribution in [3.05, 3.63) is 295 Å². The zero-order valence-electron chi connectivity index (χ0n) is 44.5. The zero-order chi connectivity index (χ0) is 56.2. The van der Waals surface area contributed by atoms with Gasteiger partial charge in [-0.05, 0) is 156 Å². The van der Waals surface area contributed by atoms with E-state index >= 15 is 0 Å². The van der Waals surface area contributed by atoms with E-state index in [-0.39, 0.29) is 0 Å². The van der Waals surface area contributed by atoms with Gasteiger partial charge in [0.05, 0.1) is 69.0 Å². The van der Waals surface area contributed by atoms with Gasteiger partial charge in [-0.3, -0.25) is 0 Å². The van der Waals surface area contributed by atoms with Crippen LogP contribution in [-0.2, 0) is 0 Å². The molecule has 11 aromatic carbocycles. The number of benzene rings is 11. The second-order valence-electron chi connectivity index (χ2n) is 19.9. The van der Waals surface area contributed by atoms with E-state index in [1.807, 2.05) is 115 Å². The summed E-state index contributed by atoms with van der Waals surface area (Å²) in [5, 5.41) is 42.9. The van der Waals surface area contributed by atoms with E-state index in [0.717, 1.165) is 89.3 Å². The Labute approximate surface area is 480 Å². The fraction of sp³-hybridized carbons (Fsp3) is 0. The molecule has 13 rings (SSSR count). The number of rotatable bonds is 12. The van der Waals surface area contributed by atoms with E-state index in [1.165, 1.54) is 0 Å². The molecule has 83 heavy (non-hydrogen) atoms. The molecule has 0 fully saturated rings. The van der Waals surface area contributed by atoms with E-state index in [2.05, 4.69) is 172 Å². The maximum atomic E-state index is 11.0.